The van der Waals surface area contributed by atoms with Gasteiger partial charge in [-0.05, 0) is 51.2 Å². The zero-order chi connectivity index (χ0) is 22.9. The Morgan fingerprint density at radius 1 is 1.19 bits per heavy atom. The molecule has 32 heavy (non-hydrogen) atoms. The first-order valence-electron chi connectivity index (χ1n) is 10.1. The molecule has 7 nitrogen and oxygen atoms in total. The highest BCUT2D eigenvalue weighted by molar-refractivity contribution is 14.1. The smallest absolute Gasteiger partial charge is 0.258 e. The molecule has 1 aromatic carbocycles. The van der Waals surface area contributed by atoms with Gasteiger partial charge in [-0.2, -0.15) is 0 Å². The molecule has 0 bridgehead atoms. The third-order valence-electron chi connectivity index (χ3n) is 5.11. The van der Waals surface area contributed by atoms with Crippen LogP contribution in [0, 0.1) is 3.57 Å². The maximum absolute atomic E-state index is 14.6. The van der Waals surface area contributed by atoms with Gasteiger partial charge in [0, 0.05) is 40.4 Å². The number of carbonyl (C=O) groups excluding carboxylic acids is 1. The number of alkyl halides is 2. The van der Waals surface area contributed by atoms with Gasteiger partial charge >= 0.3 is 0 Å². The van der Waals surface area contributed by atoms with Crippen molar-refractivity contribution in [2.75, 3.05) is 23.3 Å². The number of amides is 1. The maximum atomic E-state index is 14.6. The maximum Gasteiger partial charge on any atom is 0.258 e. The molecule has 1 fully saturated rings. The van der Waals surface area contributed by atoms with Crippen molar-refractivity contribution in [1.29, 1.82) is 0 Å². The van der Waals surface area contributed by atoms with Crippen molar-refractivity contribution >= 4 is 62.6 Å². The van der Waals surface area contributed by atoms with E-state index in [2.05, 4.69) is 47.8 Å². The third kappa shape index (κ3) is 5.00. The van der Waals surface area contributed by atoms with Gasteiger partial charge < -0.3 is 10.2 Å². The first-order valence-corrected chi connectivity index (χ1v) is 12.3. The van der Waals surface area contributed by atoms with Gasteiger partial charge in [-0.3, -0.25) is 4.79 Å². The van der Waals surface area contributed by atoms with Crippen LogP contribution in [0.5, 0.6) is 0 Å². The standard InChI is InChI=1S/C22H21FI2N6O/c1-13(2)19-26-9-14(10-27-19)21(32)30-18-17(15-5-3-4-6-16(15)24)28-12-29-20(18)31-8-7-22(23,25)11-31/h3-6,9-10,12-13H,7-8,11H2,1-2H3,(H,30,32). The molecule has 1 saturated heterocycles. The largest absolute Gasteiger partial charge is 0.351 e. The Balaban J connectivity index is 1.76. The molecule has 0 saturated carbocycles. The molecule has 1 aliphatic heterocycles. The predicted octanol–water partition coefficient (Wildman–Crippen LogP) is 5.22. The number of nitrogens with one attached hydrogen (secondary N) is 1. The summed E-state index contributed by atoms with van der Waals surface area (Å²) in [5, 5.41) is 2.96. The Kier molecular flexibility index (Phi) is 6.89. The molecule has 3 heterocycles. The number of aromatic nitrogens is 4. The van der Waals surface area contributed by atoms with Crippen LogP contribution in [0.3, 0.4) is 0 Å². The summed E-state index contributed by atoms with van der Waals surface area (Å²) in [6.07, 6.45) is 4.86. The van der Waals surface area contributed by atoms with E-state index in [-0.39, 0.29) is 18.4 Å². The van der Waals surface area contributed by atoms with Crippen molar-refractivity contribution in [3.8, 4) is 11.3 Å². The van der Waals surface area contributed by atoms with Crippen LogP contribution in [-0.4, -0.2) is 42.6 Å². The second-order valence-electron chi connectivity index (χ2n) is 7.87. The van der Waals surface area contributed by atoms with Gasteiger partial charge in [0.2, 0.25) is 0 Å². The molecule has 10 heteroatoms. The highest BCUT2D eigenvalue weighted by atomic mass is 127. The fourth-order valence-corrected chi connectivity index (χ4v) is 4.74. The quantitative estimate of drug-likeness (QED) is 0.299. The number of benzene rings is 1. The number of anilines is 2. The molecule has 1 unspecified atom stereocenters. The van der Waals surface area contributed by atoms with Gasteiger partial charge in [0.25, 0.3) is 5.91 Å². The van der Waals surface area contributed by atoms with Crippen LogP contribution >= 0.6 is 45.2 Å². The average Bonchev–Trinajstić information content (AvgIpc) is 3.14. The zero-order valence-corrected chi connectivity index (χ0v) is 21.8. The molecule has 166 valence electrons. The Bertz CT molecular complexity index is 1140. The molecule has 0 radical (unpaired) electrons. The number of nitrogens with zero attached hydrogens (tertiary/aromatic N) is 5. The van der Waals surface area contributed by atoms with Gasteiger partial charge in [-0.1, -0.05) is 32.0 Å². The summed E-state index contributed by atoms with van der Waals surface area (Å²) in [4.78, 5) is 32.4. The van der Waals surface area contributed by atoms with Crippen LogP contribution in [-0.2, 0) is 0 Å². The SMILES string of the molecule is CC(C)c1ncc(C(=O)Nc2c(-c3ccccc3I)ncnc2N2CCC(F)(I)C2)cn1. The van der Waals surface area contributed by atoms with E-state index >= 15 is 0 Å². The highest BCUT2D eigenvalue weighted by Crippen LogP contribution is 2.40. The molecule has 0 spiro atoms. The lowest BCUT2D eigenvalue weighted by atomic mass is 10.1. The minimum atomic E-state index is -1.34. The minimum Gasteiger partial charge on any atom is -0.351 e. The molecule has 2 aromatic heterocycles. The Labute approximate surface area is 212 Å². The van der Waals surface area contributed by atoms with E-state index in [4.69, 9.17) is 0 Å². The van der Waals surface area contributed by atoms with Gasteiger partial charge in [-0.15, -0.1) is 0 Å². The molecule has 1 N–H and O–H groups in total. The molecule has 1 aliphatic rings. The molecule has 4 rings (SSSR count). The average molecular weight is 658 g/mol. The summed E-state index contributed by atoms with van der Waals surface area (Å²) in [6.45, 7) is 4.66. The molecular formula is C22H21FI2N6O. The van der Waals surface area contributed by atoms with E-state index in [1.165, 1.54) is 18.7 Å². The number of hydrogen-bond acceptors (Lipinski definition) is 6. The molecule has 3 aromatic rings. The second kappa shape index (κ2) is 9.49. The number of rotatable bonds is 5. The normalized spacial score (nSPS) is 18.2. The van der Waals surface area contributed by atoms with E-state index in [1.807, 2.05) is 65.6 Å². The first-order chi connectivity index (χ1) is 15.2. The Morgan fingerprint density at radius 2 is 1.91 bits per heavy atom. The molecule has 0 aliphatic carbocycles. The Hall–Kier alpha value is -1.96. The summed E-state index contributed by atoms with van der Waals surface area (Å²) in [6, 6.07) is 7.75. The second-order valence-corrected chi connectivity index (χ2v) is 11.0. The highest BCUT2D eigenvalue weighted by Gasteiger charge is 2.37. The number of hydrogen-bond donors (Lipinski definition) is 1. The summed E-state index contributed by atoms with van der Waals surface area (Å²) >= 11 is 4.06. The van der Waals surface area contributed by atoms with E-state index < -0.39 is 3.68 Å². The van der Waals surface area contributed by atoms with E-state index in [9.17, 15) is 9.18 Å². The van der Waals surface area contributed by atoms with Crippen LogP contribution in [0.25, 0.3) is 11.3 Å². The van der Waals surface area contributed by atoms with Crippen LogP contribution in [0.15, 0.2) is 43.0 Å². The summed E-state index contributed by atoms with van der Waals surface area (Å²) in [5.41, 5.74) is 2.22. The van der Waals surface area contributed by atoms with E-state index in [1.54, 1.807) is 0 Å². The van der Waals surface area contributed by atoms with Gasteiger partial charge in [-0.25, -0.2) is 24.3 Å². The van der Waals surface area contributed by atoms with Crippen molar-refractivity contribution in [3.63, 3.8) is 0 Å². The lowest BCUT2D eigenvalue weighted by molar-refractivity contribution is 0.102. The van der Waals surface area contributed by atoms with Crippen molar-refractivity contribution in [2.24, 2.45) is 0 Å². The van der Waals surface area contributed by atoms with E-state index in [0.29, 0.717) is 41.6 Å². The lowest BCUT2D eigenvalue weighted by Gasteiger charge is -2.23. The van der Waals surface area contributed by atoms with Crippen molar-refractivity contribution in [1.82, 2.24) is 19.9 Å². The van der Waals surface area contributed by atoms with E-state index in [0.717, 1.165) is 9.13 Å². The zero-order valence-electron chi connectivity index (χ0n) is 17.5. The number of carbonyl (C=O) groups is 1. The van der Waals surface area contributed by atoms with Crippen LogP contribution in [0.2, 0.25) is 0 Å². The monoisotopic (exact) mass is 658 g/mol. The fraction of sp³-hybridized carbons (Fsp3) is 0.318. The Morgan fingerprint density at radius 3 is 2.53 bits per heavy atom. The summed E-state index contributed by atoms with van der Waals surface area (Å²) < 4.78 is 14.2. The molecule has 1 amide bonds. The molecular weight excluding hydrogens is 637 g/mol. The molecule has 1 atom stereocenters. The number of halogens is 3. The van der Waals surface area contributed by atoms with Gasteiger partial charge in [0.15, 0.2) is 9.49 Å². The van der Waals surface area contributed by atoms with Gasteiger partial charge in [0.05, 0.1) is 12.1 Å². The minimum absolute atomic E-state index is 0.164. The lowest BCUT2D eigenvalue weighted by Crippen LogP contribution is -2.27. The summed E-state index contributed by atoms with van der Waals surface area (Å²) in [5.74, 6) is 0.961. The van der Waals surface area contributed by atoms with Crippen LogP contribution in [0.1, 0.15) is 42.4 Å². The van der Waals surface area contributed by atoms with Crippen molar-refractivity contribution < 1.29 is 9.18 Å². The first kappa shape index (κ1) is 23.2. The topological polar surface area (TPSA) is 83.9 Å². The predicted molar refractivity (Wildman–Crippen MR) is 139 cm³/mol. The third-order valence-corrected chi connectivity index (χ3v) is 6.94. The van der Waals surface area contributed by atoms with Crippen LogP contribution in [0.4, 0.5) is 15.9 Å². The van der Waals surface area contributed by atoms with Gasteiger partial charge in [0.1, 0.15) is 23.5 Å². The van der Waals surface area contributed by atoms with Crippen molar-refractivity contribution in [2.45, 2.75) is 29.9 Å². The van der Waals surface area contributed by atoms with Crippen LogP contribution < -0.4 is 10.2 Å². The van der Waals surface area contributed by atoms with Crippen molar-refractivity contribution in [3.05, 3.63) is 57.9 Å². The summed E-state index contributed by atoms with van der Waals surface area (Å²) in [7, 11) is 0. The fourth-order valence-electron chi connectivity index (χ4n) is 3.44.